The summed E-state index contributed by atoms with van der Waals surface area (Å²) in [6.07, 6.45) is 1.37. The first-order valence-electron chi connectivity index (χ1n) is 12.0. The lowest BCUT2D eigenvalue weighted by atomic mass is 9.94. The lowest BCUT2D eigenvalue weighted by Crippen LogP contribution is -2.46. The van der Waals surface area contributed by atoms with E-state index in [0.29, 0.717) is 24.1 Å². The van der Waals surface area contributed by atoms with E-state index in [2.05, 4.69) is 10.6 Å². The van der Waals surface area contributed by atoms with Crippen LogP contribution in [-0.2, 0) is 26.3 Å². The van der Waals surface area contributed by atoms with Gasteiger partial charge in [0.1, 0.15) is 12.4 Å². The van der Waals surface area contributed by atoms with E-state index >= 15 is 0 Å². The standard InChI is InChI=1S/C26H27FN4O5/c1-15-3-10-21(16-4-6-18(27)7-5-16)31(15)22(32)14-30-23(33)26(36-25(30)35)12-11-17-13-19(8-9-20(17)26)29-24(34)28-2/h4-9,13,15,21H,3,10-12,14H2,1-2H3,(H2,28,29,34). The van der Waals surface area contributed by atoms with Crippen molar-refractivity contribution >= 4 is 29.6 Å². The molecule has 1 spiro atoms. The zero-order valence-corrected chi connectivity index (χ0v) is 20.0. The first-order chi connectivity index (χ1) is 17.2. The van der Waals surface area contributed by atoms with Gasteiger partial charge in [0.2, 0.25) is 11.5 Å². The number of anilines is 1. The van der Waals surface area contributed by atoms with Gasteiger partial charge in [-0.15, -0.1) is 0 Å². The molecular weight excluding hydrogens is 467 g/mol. The minimum Gasteiger partial charge on any atom is -0.427 e. The van der Waals surface area contributed by atoms with Gasteiger partial charge >= 0.3 is 12.1 Å². The summed E-state index contributed by atoms with van der Waals surface area (Å²) >= 11 is 0. The molecule has 9 nitrogen and oxygen atoms in total. The Kier molecular flexibility index (Phi) is 5.89. The van der Waals surface area contributed by atoms with Crippen LogP contribution >= 0.6 is 0 Å². The van der Waals surface area contributed by atoms with Crippen LogP contribution in [0.2, 0.25) is 0 Å². The van der Waals surface area contributed by atoms with Crippen LogP contribution < -0.4 is 10.6 Å². The molecule has 188 valence electrons. The molecule has 3 aliphatic rings. The summed E-state index contributed by atoms with van der Waals surface area (Å²) in [4.78, 5) is 53.9. The van der Waals surface area contributed by atoms with Crippen LogP contribution in [0.15, 0.2) is 42.5 Å². The van der Waals surface area contributed by atoms with E-state index in [1.807, 2.05) is 6.92 Å². The Hall–Kier alpha value is -3.95. The lowest BCUT2D eigenvalue weighted by Gasteiger charge is -2.30. The van der Waals surface area contributed by atoms with Crippen molar-refractivity contribution in [1.82, 2.24) is 15.1 Å². The van der Waals surface area contributed by atoms with E-state index in [1.54, 1.807) is 35.2 Å². The average molecular weight is 495 g/mol. The van der Waals surface area contributed by atoms with Gasteiger partial charge in [-0.25, -0.2) is 18.9 Å². The van der Waals surface area contributed by atoms with Gasteiger partial charge in [0, 0.05) is 30.8 Å². The second kappa shape index (κ2) is 8.92. The van der Waals surface area contributed by atoms with E-state index in [4.69, 9.17) is 4.74 Å². The molecule has 0 saturated carbocycles. The predicted molar refractivity (Wildman–Crippen MR) is 127 cm³/mol. The number of nitrogens with zero attached hydrogens (tertiary/aromatic N) is 2. The van der Waals surface area contributed by atoms with Gasteiger partial charge in [-0.1, -0.05) is 18.2 Å². The predicted octanol–water partition coefficient (Wildman–Crippen LogP) is 3.45. The van der Waals surface area contributed by atoms with Crippen LogP contribution in [0.4, 0.5) is 19.7 Å². The average Bonchev–Trinajstić information content (AvgIpc) is 3.49. The summed E-state index contributed by atoms with van der Waals surface area (Å²) in [5.74, 6) is -1.27. The summed E-state index contributed by atoms with van der Waals surface area (Å²) in [5.41, 5.74) is 1.26. The van der Waals surface area contributed by atoms with Crippen molar-refractivity contribution in [3.63, 3.8) is 0 Å². The number of imide groups is 1. The molecule has 3 unspecified atom stereocenters. The molecule has 2 fully saturated rings. The second-order valence-electron chi connectivity index (χ2n) is 9.46. The van der Waals surface area contributed by atoms with Crippen LogP contribution in [0.25, 0.3) is 0 Å². The SMILES string of the molecule is CNC(=O)Nc1ccc2c(c1)CCC21OC(=O)N(CC(=O)N2C(C)CCC2c2ccc(F)cc2)C1=O. The number of aryl methyl sites for hydroxylation is 1. The highest BCUT2D eigenvalue weighted by atomic mass is 19.1. The smallest absolute Gasteiger partial charge is 0.418 e. The van der Waals surface area contributed by atoms with Crippen LogP contribution in [0, 0.1) is 5.82 Å². The Morgan fingerprint density at radius 3 is 2.61 bits per heavy atom. The molecule has 2 aromatic rings. The van der Waals surface area contributed by atoms with Crippen molar-refractivity contribution < 1.29 is 28.3 Å². The van der Waals surface area contributed by atoms with Crippen molar-refractivity contribution in [2.24, 2.45) is 0 Å². The first-order valence-corrected chi connectivity index (χ1v) is 12.0. The number of ether oxygens (including phenoxy) is 1. The molecule has 2 N–H and O–H groups in total. The Morgan fingerprint density at radius 1 is 1.14 bits per heavy atom. The fourth-order valence-corrected chi connectivity index (χ4v) is 5.56. The van der Waals surface area contributed by atoms with Crippen molar-refractivity contribution in [3.05, 3.63) is 65.0 Å². The Balaban J connectivity index is 1.35. The van der Waals surface area contributed by atoms with Crippen molar-refractivity contribution in [2.45, 2.75) is 50.3 Å². The largest absolute Gasteiger partial charge is 0.427 e. The van der Waals surface area contributed by atoms with Crippen molar-refractivity contribution in [1.29, 1.82) is 0 Å². The van der Waals surface area contributed by atoms with Crippen LogP contribution in [0.5, 0.6) is 0 Å². The summed E-state index contributed by atoms with van der Waals surface area (Å²) in [7, 11) is 1.51. The molecule has 0 bridgehead atoms. The number of rotatable bonds is 4. The van der Waals surface area contributed by atoms with Crippen LogP contribution in [-0.4, -0.2) is 53.4 Å². The normalized spacial score (nSPS) is 24.8. The number of fused-ring (bicyclic) bond motifs is 2. The number of amides is 5. The minimum absolute atomic E-state index is 0.0892. The fraction of sp³-hybridized carbons (Fsp3) is 0.385. The summed E-state index contributed by atoms with van der Waals surface area (Å²) in [6, 6.07) is 10.4. The molecule has 2 heterocycles. The van der Waals surface area contributed by atoms with E-state index in [0.717, 1.165) is 22.4 Å². The lowest BCUT2D eigenvalue weighted by molar-refractivity contribution is -0.143. The summed E-state index contributed by atoms with van der Waals surface area (Å²) < 4.78 is 19.1. The Labute approximate surface area is 207 Å². The molecule has 2 saturated heterocycles. The number of benzene rings is 2. The number of halogens is 1. The second-order valence-corrected chi connectivity index (χ2v) is 9.46. The Morgan fingerprint density at radius 2 is 1.89 bits per heavy atom. The maximum Gasteiger partial charge on any atom is 0.418 e. The van der Waals surface area contributed by atoms with Crippen LogP contribution in [0.3, 0.4) is 0 Å². The molecule has 3 atom stereocenters. The highest BCUT2D eigenvalue weighted by Crippen LogP contribution is 2.46. The number of carbonyl (C=O) groups is 4. The molecule has 2 aromatic carbocycles. The number of nitrogens with one attached hydrogen (secondary N) is 2. The topological polar surface area (TPSA) is 108 Å². The third-order valence-corrected chi connectivity index (χ3v) is 7.35. The number of urea groups is 1. The van der Waals surface area contributed by atoms with Crippen LogP contribution in [0.1, 0.15) is 48.9 Å². The number of likely N-dealkylation sites (tertiary alicyclic amines) is 1. The zero-order valence-electron chi connectivity index (χ0n) is 20.0. The molecule has 2 aliphatic heterocycles. The number of carbonyl (C=O) groups excluding carboxylic acids is 4. The fourth-order valence-electron chi connectivity index (χ4n) is 5.56. The third-order valence-electron chi connectivity index (χ3n) is 7.35. The quantitative estimate of drug-likeness (QED) is 0.677. The molecule has 5 rings (SSSR count). The molecule has 36 heavy (non-hydrogen) atoms. The first kappa shape index (κ1) is 23.8. The van der Waals surface area contributed by atoms with Gasteiger partial charge in [0.05, 0.1) is 6.04 Å². The maximum atomic E-state index is 13.5. The van der Waals surface area contributed by atoms with Gasteiger partial charge in [-0.3, -0.25) is 9.59 Å². The summed E-state index contributed by atoms with van der Waals surface area (Å²) in [6.45, 7) is 1.50. The van der Waals surface area contributed by atoms with Gasteiger partial charge < -0.3 is 20.3 Å². The number of hydrogen-bond acceptors (Lipinski definition) is 5. The van der Waals surface area contributed by atoms with Gasteiger partial charge in [-0.2, -0.15) is 0 Å². The van der Waals surface area contributed by atoms with Crippen molar-refractivity contribution in [3.8, 4) is 0 Å². The number of hydrogen-bond donors (Lipinski definition) is 2. The molecule has 0 aromatic heterocycles. The van der Waals surface area contributed by atoms with Gasteiger partial charge in [-0.05, 0) is 61.6 Å². The minimum atomic E-state index is -1.47. The van der Waals surface area contributed by atoms with Crippen molar-refractivity contribution in [2.75, 3.05) is 18.9 Å². The van der Waals surface area contributed by atoms with E-state index < -0.39 is 24.1 Å². The molecule has 10 heteroatoms. The van der Waals surface area contributed by atoms with E-state index in [9.17, 15) is 23.6 Å². The highest BCUT2D eigenvalue weighted by molar-refractivity contribution is 6.06. The molecular formula is C26H27FN4O5. The van der Waals surface area contributed by atoms with Gasteiger partial charge in [0.15, 0.2) is 0 Å². The molecule has 1 aliphatic carbocycles. The Bertz CT molecular complexity index is 1250. The summed E-state index contributed by atoms with van der Waals surface area (Å²) in [5, 5.41) is 5.16. The van der Waals surface area contributed by atoms with E-state index in [-0.39, 0.29) is 36.3 Å². The third kappa shape index (κ3) is 3.86. The monoisotopic (exact) mass is 494 g/mol. The highest BCUT2D eigenvalue weighted by Gasteiger charge is 2.58. The molecule has 0 radical (unpaired) electrons. The van der Waals surface area contributed by atoms with Gasteiger partial charge in [0.25, 0.3) is 5.91 Å². The van der Waals surface area contributed by atoms with E-state index in [1.165, 1.54) is 19.2 Å². The molecule has 5 amide bonds. The maximum absolute atomic E-state index is 13.5. The zero-order chi connectivity index (χ0) is 25.6.